The number of benzene rings is 1. The molecule has 1 aromatic carbocycles. The molecule has 0 fully saturated rings. The van der Waals surface area contributed by atoms with Gasteiger partial charge >= 0.3 is 5.97 Å². The summed E-state index contributed by atoms with van der Waals surface area (Å²) in [6.45, 7) is 8.60. The van der Waals surface area contributed by atoms with Crippen LogP contribution in [0.1, 0.15) is 13.8 Å². The first-order chi connectivity index (χ1) is 8.95. The summed E-state index contributed by atoms with van der Waals surface area (Å²) in [4.78, 5) is 11.9. The van der Waals surface area contributed by atoms with Gasteiger partial charge < -0.3 is 4.74 Å². The first-order valence-corrected chi connectivity index (χ1v) is 9.79. The molecule has 0 unspecified atom stereocenters. The Balaban J connectivity index is 3.14. The van der Waals surface area contributed by atoms with E-state index in [0.29, 0.717) is 0 Å². The Labute approximate surface area is 117 Å². The molecule has 0 aliphatic carbocycles. The molecular weight excluding hydrogens is 252 g/mol. The molecule has 0 saturated heterocycles. The Morgan fingerprint density at radius 2 is 1.84 bits per heavy atom. The molecule has 2 nitrogen and oxygen atoms in total. The lowest BCUT2D eigenvalue weighted by Gasteiger charge is -2.34. The average molecular weight is 276 g/mol. The molecule has 3 heteroatoms. The Morgan fingerprint density at radius 3 is 2.32 bits per heavy atom. The smallest absolute Gasteiger partial charge is 0.308 e. The van der Waals surface area contributed by atoms with Crippen molar-refractivity contribution in [3.05, 3.63) is 42.5 Å². The van der Waals surface area contributed by atoms with Crippen LogP contribution in [-0.2, 0) is 9.53 Å². The van der Waals surface area contributed by atoms with E-state index in [1.165, 1.54) is 12.3 Å². The summed E-state index contributed by atoms with van der Waals surface area (Å²) >= 11 is 0. The number of rotatable bonds is 5. The van der Waals surface area contributed by atoms with Crippen LogP contribution in [0.15, 0.2) is 42.5 Å². The summed E-state index contributed by atoms with van der Waals surface area (Å²) in [7, 11) is -0.299. The average Bonchev–Trinajstić information content (AvgIpc) is 2.43. The summed E-state index contributed by atoms with van der Waals surface area (Å²) in [5.74, 6) is -0.234. The van der Waals surface area contributed by atoms with E-state index in [2.05, 4.69) is 43.4 Å². The number of allylic oxidation sites excluding steroid dienone is 2. The number of hydrogen-bond donors (Lipinski definition) is 0. The highest BCUT2D eigenvalue weighted by molar-refractivity contribution is 6.91. The van der Waals surface area contributed by atoms with Gasteiger partial charge in [0, 0.05) is 0 Å². The van der Waals surface area contributed by atoms with E-state index in [1.807, 2.05) is 26.0 Å². The predicted molar refractivity (Wildman–Crippen MR) is 83.3 cm³/mol. The molecular formula is C16H24O2Si. The van der Waals surface area contributed by atoms with Crippen LogP contribution in [0.3, 0.4) is 0 Å². The van der Waals surface area contributed by atoms with Crippen LogP contribution in [0.2, 0.25) is 18.6 Å². The van der Waals surface area contributed by atoms with Crippen molar-refractivity contribution in [1.29, 1.82) is 0 Å². The minimum atomic E-state index is -1.76. The standard InChI is InChI=1S/C16H24O2Si/c1-6-10-15(13(2)16(17)18-3)19(4,5)14-11-8-7-9-12-14/h6-13,15H,1-5H3/b10-6+/t13-,15+/m1/s1. The lowest BCUT2D eigenvalue weighted by Crippen LogP contribution is -2.48. The predicted octanol–water partition coefficient (Wildman–Crippen LogP) is 3.36. The van der Waals surface area contributed by atoms with Gasteiger partial charge in [0.15, 0.2) is 0 Å². The van der Waals surface area contributed by atoms with Crippen LogP contribution in [0.25, 0.3) is 0 Å². The molecule has 0 heterocycles. The van der Waals surface area contributed by atoms with Crippen molar-refractivity contribution in [2.75, 3.05) is 7.11 Å². The molecule has 1 aromatic rings. The second-order valence-corrected chi connectivity index (χ2v) is 10.1. The highest BCUT2D eigenvalue weighted by Crippen LogP contribution is 2.32. The number of esters is 1. The fourth-order valence-corrected chi connectivity index (χ4v) is 6.13. The van der Waals surface area contributed by atoms with Crippen LogP contribution in [-0.4, -0.2) is 21.2 Å². The molecule has 0 amide bonds. The SMILES string of the molecule is C/C=C/[C@@H]([C@@H](C)C(=O)OC)[Si](C)(C)c1ccccc1. The van der Waals surface area contributed by atoms with Crippen molar-refractivity contribution in [3.8, 4) is 0 Å². The van der Waals surface area contributed by atoms with Crippen LogP contribution in [0.5, 0.6) is 0 Å². The van der Waals surface area contributed by atoms with E-state index in [4.69, 9.17) is 4.74 Å². The maximum atomic E-state index is 11.9. The first-order valence-electron chi connectivity index (χ1n) is 6.71. The summed E-state index contributed by atoms with van der Waals surface area (Å²) in [6, 6.07) is 10.5. The monoisotopic (exact) mass is 276 g/mol. The molecule has 0 spiro atoms. The zero-order valence-electron chi connectivity index (χ0n) is 12.5. The van der Waals surface area contributed by atoms with Crippen molar-refractivity contribution in [1.82, 2.24) is 0 Å². The van der Waals surface area contributed by atoms with E-state index < -0.39 is 8.07 Å². The molecule has 0 radical (unpaired) electrons. The maximum absolute atomic E-state index is 11.9. The molecule has 2 atom stereocenters. The summed E-state index contributed by atoms with van der Waals surface area (Å²) in [6.07, 6.45) is 4.21. The summed E-state index contributed by atoms with van der Waals surface area (Å²) < 4.78 is 4.92. The van der Waals surface area contributed by atoms with E-state index in [1.54, 1.807) is 0 Å². The molecule has 19 heavy (non-hydrogen) atoms. The van der Waals surface area contributed by atoms with Crippen molar-refractivity contribution in [2.24, 2.45) is 5.92 Å². The first kappa shape index (κ1) is 15.7. The number of hydrogen-bond acceptors (Lipinski definition) is 2. The zero-order chi connectivity index (χ0) is 14.5. The van der Waals surface area contributed by atoms with Gasteiger partial charge in [-0.05, 0) is 12.5 Å². The Morgan fingerprint density at radius 1 is 1.26 bits per heavy atom. The molecule has 0 saturated carbocycles. The molecule has 0 bridgehead atoms. The van der Waals surface area contributed by atoms with Crippen molar-refractivity contribution in [2.45, 2.75) is 32.5 Å². The quantitative estimate of drug-likeness (QED) is 0.468. The third kappa shape index (κ3) is 3.57. The minimum Gasteiger partial charge on any atom is -0.469 e. The minimum absolute atomic E-state index is 0.108. The van der Waals surface area contributed by atoms with Gasteiger partial charge in [0.2, 0.25) is 0 Å². The van der Waals surface area contributed by atoms with Gasteiger partial charge in [-0.25, -0.2) is 0 Å². The van der Waals surface area contributed by atoms with Gasteiger partial charge in [0.05, 0.1) is 21.1 Å². The molecule has 0 aliphatic heterocycles. The number of methoxy groups -OCH3 is 1. The van der Waals surface area contributed by atoms with Gasteiger partial charge in [-0.1, -0.05) is 67.7 Å². The zero-order valence-corrected chi connectivity index (χ0v) is 13.5. The van der Waals surface area contributed by atoms with E-state index in [-0.39, 0.29) is 17.4 Å². The fourth-order valence-electron chi connectivity index (χ4n) is 2.63. The van der Waals surface area contributed by atoms with Gasteiger partial charge in [-0.15, -0.1) is 0 Å². The molecule has 104 valence electrons. The third-order valence-corrected chi connectivity index (χ3v) is 8.04. The molecule has 1 rings (SSSR count). The van der Waals surface area contributed by atoms with Gasteiger partial charge in [0.1, 0.15) is 0 Å². The Kier molecular flexibility index (Phi) is 5.55. The van der Waals surface area contributed by atoms with Crippen molar-refractivity contribution < 1.29 is 9.53 Å². The number of ether oxygens (including phenoxy) is 1. The largest absolute Gasteiger partial charge is 0.469 e. The highest BCUT2D eigenvalue weighted by atomic mass is 28.3. The van der Waals surface area contributed by atoms with E-state index >= 15 is 0 Å². The lowest BCUT2D eigenvalue weighted by atomic mass is 10.1. The van der Waals surface area contributed by atoms with Crippen LogP contribution in [0, 0.1) is 5.92 Å². The fraction of sp³-hybridized carbons (Fsp3) is 0.438. The Hall–Kier alpha value is -1.35. The van der Waals surface area contributed by atoms with E-state index in [0.717, 1.165) is 0 Å². The molecule has 0 N–H and O–H groups in total. The van der Waals surface area contributed by atoms with Gasteiger partial charge in [-0.3, -0.25) is 4.79 Å². The number of carbonyl (C=O) groups is 1. The number of carbonyl (C=O) groups excluding carboxylic acids is 1. The Bertz CT molecular complexity index is 437. The molecule has 0 aliphatic rings. The third-order valence-electron chi connectivity index (χ3n) is 3.86. The topological polar surface area (TPSA) is 26.3 Å². The van der Waals surface area contributed by atoms with E-state index in [9.17, 15) is 4.79 Å². The lowest BCUT2D eigenvalue weighted by molar-refractivity contribution is -0.144. The van der Waals surface area contributed by atoms with Gasteiger partial charge in [-0.2, -0.15) is 0 Å². The van der Waals surface area contributed by atoms with Crippen LogP contribution in [0.4, 0.5) is 0 Å². The second-order valence-electron chi connectivity index (χ2n) is 5.45. The summed E-state index contributed by atoms with van der Waals surface area (Å²) in [5, 5.41) is 1.37. The van der Waals surface area contributed by atoms with Gasteiger partial charge in [0.25, 0.3) is 0 Å². The maximum Gasteiger partial charge on any atom is 0.308 e. The van der Waals surface area contributed by atoms with Crippen LogP contribution < -0.4 is 5.19 Å². The second kappa shape index (κ2) is 6.71. The highest BCUT2D eigenvalue weighted by Gasteiger charge is 2.38. The van der Waals surface area contributed by atoms with Crippen molar-refractivity contribution >= 4 is 19.2 Å². The summed E-state index contributed by atoms with van der Waals surface area (Å²) in [5.41, 5.74) is 0.243. The molecule has 0 aromatic heterocycles. The van der Waals surface area contributed by atoms with Crippen LogP contribution >= 0.6 is 0 Å². The normalized spacial score (nSPS) is 15.2. The van der Waals surface area contributed by atoms with Crippen molar-refractivity contribution in [3.63, 3.8) is 0 Å².